The zero-order valence-corrected chi connectivity index (χ0v) is 14.2. The second-order valence-electron chi connectivity index (χ2n) is 6.39. The highest BCUT2D eigenvalue weighted by molar-refractivity contribution is 5.99. The molecule has 0 bridgehead atoms. The summed E-state index contributed by atoms with van der Waals surface area (Å²) in [6.07, 6.45) is 0.974. The number of amides is 2. The molecule has 3 rings (SSSR count). The summed E-state index contributed by atoms with van der Waals surface area (Å²) in [4.78, 5) is 28.0. The number of rotatable bonds is 3. The van der Waals surface area contributed by atoms with Gasteiger partial charge in [-0.15, -0.1) is 0 Å². The summed E-state index contributed by atoms with van der Waals surface area (Å²) < 4.78 is 0. The molecule has 1 N–H and O–H groups in total. The lowest BCUT2D eigenvalue weighted by Crippen LogP contribution is -2.50. The number of hydrogen-bond donors (Lipinski definition) is 1. The van der Waals surface area contributed by atoms with Crippen molar-refractivity contribution in [1.82, 2.24) is 4.90 Å². The first-order chi connectivity index (χ1) is 12.1. The summed E-state index contributed by atoms with van der Waals surface area (Å²) >= 11 is 0. The Labute approximate surface area is 147 Å². The van der Waals surface area contributed by atoms with Crippen molar-refractivity contribution in [3.63, 3.8) is 0 Å². The summed E-state index contributed by atoms with van der Waals surface area (Å²) in [6.45, 7) is 2.37. The maximum Gasteiger partial charge on any atom is 0.329 e. The van der Waals surface area contributed by atoms with Gasteiger partial charge < -0.3 is 10.0 Å². The smallest absolute Gasteiger partial charge is 0.329 e. The Kier molecular flexibility index (Phi) is 5.03. The highest BCUT2D eigenvalue weighted by Gasteiger charge is 2.35. The van der Waals surface area contributed by atoms with Crippen LogP contribution in [0.1, 0.15) is 19.8 Å². The van der Waals surface area contributed by atoms with Crippen molar-refractivity contribution in [2.24, 2.45) is 5.92 Å². The standard InChI is InChI=1S/C20H22N2O3/c1-15-14-16(19(23)24)12-13-21(15)20(25)22(17-8-4-2-5-9-17)18-10-6-3-7-11-18/h2-11,15-16H,12-14H2,1H3,(H,23,24)/t15-,16+/m0/s1. The molecule has 2 aromatic rings. The number of para-hydroxylation sites is 2. The summed E-state index contributed by atoms with van der Waals surface area (Å²) in [7, 11) is 0. The molecule has 0 saturated carbocycles. The van der Waals surface area contributed by atoms with Gasteiger partial charge in [-0.3, -0.25) is 9.69 Å². The average molecular weight is 338 g/mol. The van der Waals surface area contributed by atoms with Gasteiger partial charge in [-0.2, -0.15) is 0 Å². The maximum absolute atomic E-state index is 13.3. The Balaban J connectivity index is 1.89. The Morgan fingerprint density at radius 2 is 1.52 bits per heavy atom. The molecule has 130 valence electrons. The summed E-state index contributed by atoms with van der Waals surface area (Å²) in [5.41, 5.74) is 1.59. The number of aliphatic carboxylic acids is 1. The molecule has 1 saturated heterocycles. The number of anilines is 2. The van der Waals surface area contributed by atoms with Crippen molar-refractivity contribution >= 4 is 23.4 Å². The van der Waals surface area contributed by atoms with Gasteiger partial charge >= 0.3 is 12.0 Å². The van der Waals surface area contributed by atoms with Crippen molar-refractivity contribution in [3.8, 4) is 0 Å². The van der Waals surface area contributed by atoms with Crippen LogP contribution < -0.4 is 4.90 Å². The Morgan fingerprint density at radius 1 is 1.00 bits per heavy atom. The van der Waals surface area contributed by atoms with Gasteiger partial charge in [-0.25, -0.2) is 4.79 Å². The minimum Gasteiger partial charge on any atom is -0.481 e. The molecule has 5 nitrogen and oxygen atoms in total. The van der Waals surface area contributed by atoms with Crippen LogP contribution in [0.5, 0.6) is 0 Å². The zero-order valence-electron chi connectivity index (χ0n) is 14.2. The third-order valence-corrected chi connectivity index (χ3v) is 4.69. The number of hydrogen-bond acceptors (Lipinski definition) is 2. The quantitative estimate of drug-likeness (QED) is 0.915. The van der Waals surface area contributed by atoms with Crippen LogP contribution in [-0.2, 0) is 4.79 Å². The fourth-order valence-electron chi connectivity index (χ4n) is 3.33. The third kappa shape index (κ3) is 3.65. The number of carboxylic acid groups (broad SMARTS) is 1. The number of carboxylic acids is 1. The second kappa shape index (κ2) is 7.38. The minimum atomic E-state index is -0.776. The van der Waals surface area contributed by atoms with E-state index >= 15 is 0 Å². The number of piperidine rings is 1. The van der Waals surface area contributed by atoms with Crippen LogP contribution in [-0.4, -0.2) is 34.6 Å². The first-order valence-electron chi connectivity index (χ1n) is 8.51. The van der Waals surface area contributed by atoms with Crippen molar-refractivity contribution in [1.29, 1.82) is 0 Å². The van der Waals surface area contributed by atoms with E-state index in [4.69, 9.17) is 0 Å². The van der Waals surface area contributed by atoms with Gasteiger partial charge in [0.15, 0.2) is 0 Å². The SMILES string of the molecule is C[C@H]1C[C@H](C(=O)O)CCN1C(=O)N(c1ccccc1)c1ccccc1. The van der Waals surface area contributed by atoms with E-state index in [1.165, 1.54) is 0 Å². The minimum absolute atomic E-state index is 0.114. The first kappa shape index (κ1) is 17.0. The molecule has 2 atom stereocenters. The van der Waals surface area contributed by atoms with Crippen LogP contribution in [0.3, 0.4) is 0 Å². The zero-order chi connectivity index (χ0) is 17.8. The van der Waals surface area contributed by atoms with E-state index in [9.17, 15) is 14.7 Å². The lowest BCUT2D eigenvalue weighted by atomic mass is 9.92. The maximum atomic E-state index is 13.3. The second-order valence-corrected chi connectivity index (χ2v) is 6.39. The van der Waals surface area contributed by atoms with Crippen LogP contribution in [0.4, 0.5) is 16.2 Å². The molecule has 5 heteroatoms. The summed E-state index contributed by atoms with van der Waals surface area (Å²) in [6, 6.07) is 18.8. The normalized spacial score (nSPS) is 20.1. The summed E-state index contributed by atoms with van der Waals surface area (Å²) in [5, 5.41) is 9.23. The molecule has 1 heterocycles. The predicted molar refractivity (Wildman–Crippen MR) is 96.9 cm³/mol. The molecule has 25 heavy (non-hydrogen) atoms. The highest BCUT2D eigenvalue weighted by atomic mass is 16.4. The van der Waals surface area contributed by atoms with Gasteiger partial charge in [0.05, 0.1) is 17.3 Å². The predicted octanol–water partition coefficient (Wildman–Crippen LogP) is 4.13. The van der Waals surface area contributed by atoms with Crippen LogP contribution in [0.25, 0.3) is 0 Å². The van der Waals surface area contributed by atoms with Crippen LogP contribution in [0.15, 0.2) is 60.7 Å². The van der Waals surface area contributed by atoms with Crippen molar-refractivity contribution in [2.45, 2.75) is 25.8 Å². The van der Waals surface area contributed by atoms with E-state index < -0.39 is 5.97 Å². The molecule has 0 spiro atoms. The van der Waals surface area contributed by atoms with Crippen LogP contribution >= 0.6 is 0 Å². The molecule has 2 aromatic carbocycles. The largest absolute Gasteiger partial charge is 0.481 e. The van der Waals surface area contributed by atoms with Gasteiger partial charge in [-0.1, -0.05) is 36.4 Å². The molecule has 1 fully saturated rings. The lowest BCUT2D eigenvalue weighted by Gasteiger charge is -2.39. The Hall–Kier alpha value is -2.82. The topological polar surface area (TPSA) is 60.9 Å². The van der Waals surface area contributed by atoms with Crippen LogP contribution in [0, 0.1) is 5.92 Å². The molecule has 0 aliphatic carbocycles. The van der Waals surface area contributed by atoms with E-state index in [0.717, 1.165) is 11.4 Å². The van der Waals surface area contributed by atoms with Gasteiger partial charge in [0, 0.05) is 12.6 Å². The van der Waals surface area contributed by atoms with Crippen molar-refractivity contribution < 1.29 is 14.7 Å². The molecule has 2 amide bonds. The monoisotopic (exact) mass is 338 g/mol. The molecule has 1 aliphatic rings. The van der Waals surface area contributed by atoms with E-state index in [1.54, 1.807) is 9.80 Å². The van der Waals surface area contributed by atoms with E-state index in [1.807, 2.05) is 67.6 Å². The molecule has 0 radical (unpaired) electrons. The number of likely N-dealkylation sites (tertiary alicyclic amines) is 1. The molecule has 1 aliphatic heterocycles. The first-order valence-corrected chi connectivity index (χ1v) is 8.51. The number of carbonyl (C=O) groups is 2. The average Bonchev–Trinajstić information content (AvgIpc) is 2.63. The Morgan fingerprint density at radius 3 is 1.96 bits per heavy atom. The number of carbonyl (C=O) groups excluding carboxylic acids is 1. The lowest BCUT2D eigenvalue weighted by molar-refractivity contribution is -0.143. The molecular formula is C20H22N2O3. The molecular weight excluding hydrogens is 316 g/mol. The number of nitrogens with zero attached hydrogens (tertiary/aromatic N) is 2. The molecule has 0 unspecified atom stereocenters. The fourth-order valence-corrected chi connectivity index (χ4v) is 3.33. The third-order valence-electron chi connectivity index (χ3n) is 4.69. The van der Waals surface area contributed by atoms with Gasteiger partial charge in [-0.05, 0) is 44.0 Å². The fraction of sp³-hybridized carbons (Fsp3) is 0.300. The van der Waals surface area contributed by atoms with E-state index in [2.05, 4.69) is 0 Å². The van der Waals surface area contributed by atoms with E-state index in [0.29, 0.717) is 19.4 Å². The van der Waals surface area contributed by atoms with Crippen molar-refractivity contribution in [3.05, 3.63) is 60.7 Å². The number of urea groups is 1. The molecule has 0 aromatic heterocycles. The van der Waals surface area contributed by atoms with Crippen molar-refractivity contribution in [2.75, 3.05) is 11.4 Å². The van der Waals surface area contributed by atoms with E-state index in [-0.39, 0.29) is 18.0 Å². The number of benzene rings is 2. The highest BCUT2D eigenvalue weighted by Crippen LogP contribution is 2.30. The van der Waals surface area contributed by atoms with Gasteiger partial charge in [0.25, 0.3) is 0 Å². The van der Waals surface area contributed by atoms with Crippen LogP contribution in [0.2, 0.25) is 0 Å². The van der Waals surface area contributed by atoms with Gasteiger partial charge in [0.2, 0.25) is 0 Å². The Bertz CT molecular complexity index is 694. The summed E-state index contributed by atoms with van der Waals surface area (Å²) in [5.74, 6) is -1.15. The van der Waals surface area contributed by atoms with Gasteiger partial charge in [0.1, 0.15) is 0 Å².